The van der Waals surface area contributed by atoms with Gasteiger partial charge in [0.1, 0.15) is 5.82 Å². The van der Waals surface area contributed by atoms with Crippen molar-refractivity contribution in [1.82, 2.24) is 4.98 Å². The van der Waals surface area contributed by atoms with Crippen LogP contribution < -0.4 is 11.1 Å². The summed E-state index contributed by atoms with van der Waals surface area (Å²) in [6, 6.07) is 9.81. The molecule has 0 radical (unpaired) electrons. The summed E-state index contributed by atoms with van der Waals surface area (Å²) < 4.78 is 0. The number of aromatic nitrogens is 1. The van der Waals surface area contributed by atoms with Gasteiger partial charge in [-0.1, -0.05) is 6.07 Å². The van der Waals surface area contributed by atoms with E-state index in [4.69, 9.17) is 5.73 Å². The van der Waals surface area contributed by atoms with E-state index < -0.39 is 0 Å². The summed E-state index contributed by atoms with van der Waals surface area (Å²) in [5, 5.41) is 4.40. The Hall–Kier alpha value is -1.77. The van der Waals surface area contributed by atoms with E-state index in [2.05, 4.69) is 17.2 Å². The molecule has 0 unspecified atom stereocenters. The zero-order valence-electron chi connectivity index (χ0n) is 8.12. The molecule has 1 aromatic carbocycles. The lowest BCUT2D eigenvalue weighted by atomic mass is 10.2. The SMILES string of the molecule is CCNc1cccc2nc(N)ccc12. The molecule has 1 aromatic heterocycles. The average Bonchev–Trinajstić information content (AvgIpc) is 2.18. The number of fused-ring (bicyclic) bond motifs is 1. The van der Waals surface area contributed by atoms with Crippen LogP contribution in [-0.2, 0) is 0 Å². The fourth-order valence-electron chi connectivity index (χ4n) is 1.52. The molecule has 0 aliphatic heterocycles. The Morgan fingerprint density at radius 2 is 2.14 bits per heavy atom. The summed E-state index contributed by atoms with van der Waals surface area (Å²) in [7, 11) is 0. The smallest absolute Gasteiger partial charge is 0.124 e. The minimum Gasteiger partial charge on any atom is -0.385 e. The number of nitrogen functional groups attached to an aromatic ring is 1. The van der Waals surface area contributed by atoms with Crippen molar-refractivity contribution in [1.29, 1.82) is 0 Å². The Labute approximate surface area is 83.0 Å². The number of anilines is 2. The maximum atomic E-state index is 5.62. The van der Waals surface area contributed by atoms with Crippen LogP contribution in [0.15, 0.2) is 30.3 Å². The number of nitrogens with zero attached hydrogens (tertiary/aromatic N) is 1. The first-order valence-electron chi connectivity index (χ1n) is 4.70. The fourth-order valence-corrected chi connectivity index (χ4v) is 1.52. The molecule has 0 saturated carbocycles. The summed E-state index contributed by atoms with van der Waals surface area (Å²) in [4.78, 5) is 4.26. The molecule has 1 heterocycles. The molecular weight excluding hydrogens is 174 g/mol. The van der Waals surface area contributed by atoms with Gasteiger partial charge in [-0.15, -0.1) is 0 Å². The van der Waals surface area contributed by atoms with E-state index in [1.54, 1.807) is 0 Å². The van der Waals surface area contributed by atoms with Crippen molar-refractivity contribution in [2.45, 2.75) is 6.92 Å². The van der Waals surface area contributed by atoms with Gasteiger partial charge >= 0.3 is 0 Å². The van der Waals surface area contributed by atoms with Gasteiger partial charge in [-0.25, -0.2) is 4.98 Å². The number of hydrogen-bond donors (Lipinski definition) is 2. The van der Waals surface area contributed by atoms with E-state index in [1.807, 2.05) is 30.3 Å². The van der Waals surface area contributed by atoms with Gasteiger partial charge in [-0.05, 0) is 31.2 Å². The van der Waals surface area contributed by atoms with Crippen LogP contribution in [-0.4, -0.2) is 11.5 Å². The first-order chi connectivity index (χ1) is 6.81. The van der Waals surface area contributed by atoms with E-state index in [9.17, 15) is 0 Å². The van der Waals surface area contributed by atoms with E-state index >= 15 is 0 Å². The van der Waals surface area contributed by atoms with Gasteiger partial charge in [0, 0.05) is 17.6 Å². The molecule has 0 bridgehead atoms. The van der Waals surface area contributed by atoms with Crippen molar-refractivity contribution in [2.24, 2.45) is 0 Å². The third kappa shape index (κ3) is 1.48. The molecule has 0 atom stereocenters. The second-order valence-corrected chi connectivity index (χ2v) is 3.14. The van der Waals surface area contributed by atoms with Gasteiger partial charge < -0.3 is 11.1 Å². The molecule has 2 aromatic rings. The van der Waals surface area contributed by atoms with Crippen LogP contribution >= 0.6 is 0 Å². The highest BCUT2D eigenvalue weighted by atomic mass is 14.9. The number of nitrogens with one attached hydrogen (secondary N) is 1. The number of rotatable bonds is 2. The van der Waals surface area contributed by atoms with Crippen LogP contribution in [0, 0.1) is 0 Å². The van der Waals surface area contributed by atoms with Gasteiger partial charge in [-0.3, -0.25) is 0 Å². The predicted molar refractivity (Wildman–Crippen MR) is 60.3 cm³/mol. The predicted octanol–water partition coefficient (Wildman–Crippen LogP) is 2.25. The zero-order chi connectivity index (χ0) is 9.97. The van der Waals surface area contributed by atoms with Crippen LogP contribution in [0.4, 0.5) is 11.5 Å². The maximum absolute atomic E-state index is 5.62. The highest BCUT2D eigenvalue weighted by molar-refractivity contribution is 5.92. The Morgan fingerprint density at radius 1 is 1.29 bits per heavy atom. The Morgan fingerprint density at radius 3 is 2.93 bits per heavy atom. The van der Waals surface area contributed by atoms with Gasteiger partial charge in [0.2, 0.25) is 0 Å². The number of nitrogens with two attached hydrogens (primary N) is 1. The number of hydrogen-bond acceptors (Lipinski definition) is 3. The van der Waals surface area contributed by atoms with E-state index in [0.29, 0.717) is 5.82 Å². The zero-order valence-corrected chi connectivity index (χ0v) is 8.12. The molecule has 14 heavy (non-hydrogen) atoms. The second kappa shape index (κ2) is 3.54. The molecule has 0 saturated heterocycles. The van der Waals surface area contributed by atoms with Gasteiger partial charge in [0.15, 0.2) is 0 Å². The Bertz CT molecular complexity index is 451. The summed E-state index contributed by atoms with van der Waals surface area (Å²) >= 11 is 0. The Balaban J connectivity index is 2.62. The molecule has 3 nitrogen and oxygen atoms in total. The van der Waals surface area contributed by atoms with E-state index in [0.717, 1.165) is 23.1 Å². The minimum atomic E-state index is 0.561. The molecule has 2 rings (SSSR count). The molecule has 0 aliphatic carbocycles. The highest BCUT2D eigenvalue weighted by Gasteiger charge is 2.00. The molecule has 3 heteroatoms. The molecule has 3 N–H and O–H groups in total. The third-order valence-corrected chi connectivity index (χ3v) is 2.12. The summed E-state index contributed by atoms with van der Waals surface area (Å²) in [6.45, 7) is 2.98. The lowest BCUT2D eigenvalue weighted by Crippen LogP contribution is -1.98. The Kier molecular flexibility index (Phi) is 2.23. The van der Waals surface area contributed by atoms with E-state index in [1.165, 1.54) is 0 Å². The number of benzene rings is 1. The topological polar surface area (TPSA) is 50.9 Å². The quantitative estimate of drug-likeness (QED) is 0.758. The molecule has 0 spiro atoms. The first-order valence-corrected chi connectivity index (χ1v) is 4.70. The number of pyridine rings is 1. The lowest BCUT2D eigenvalue weighted by Gasteiger charge is -2.07. The van der Waals surface area contributed by atoms with Crippen molar-refractivity contribution in [3.63, 3.8) is 0 Å². The van der Waals surface area contributed by atoms with Gasteiger partial charge in [0.05, 0.1) is 5.52 Å². The van der Waals surface area contributed by atoms with Crippen LogP contribution in [0.3, 0.4) is 0 Å². The van der Waals surface area contributed by atoms with Crippen molar-refractivity contribution >= 4 is 22.4 Å². The third-order valence-electron chi connectivity index (χ3n) is 2.12. The monoisotopic (exact) mass is 187 g/mol. The van der Waals surface area contributed by atoms with Gasteiger partial charge in [0.25, 0.3) is 0 Å². The maximum Gasteiger partial charge on any atom is 0.124 e. The molecular formula is C11H13N3. The van der Waals surface area contributed by atoms with Crippen molar-refractivity contribution in [3.05, 3.63) is 30.3 Å². The van der Waals surface area contributed by atoms with Crippen molar-refractivity contribution in [3.8, 4) is 0 Å². The van der Waals surface area contributed by atoms with Crippen LogP contribution in [0.2, 0.25) is 0 Å². The first kappa shape index (κ1) is 8.81. The molecule has 0 aliphatic rings. The summed E-state index contributed by atoms with van der Waals surface area (Å²) in [5.41, 5.74) is 7.66. The van der Waals surface area contributed by atoms with Gasteiger partial charge in [-0.2, -0.15) is 0 Å². The van der Waals surface area contributed by atoms with Crippen LogP contribution in [0.5, 0.6) is 0 Å². The second-order valence-electron chi connectivity index (χ2n) is 3.14. The highest BCUT2D eigenvalue weighted by Crippen LogP contribution is 2.22. The van der Waals surface area contributed by atoms with Crippen LogP contribution in [0.25, 0.3) is 10.9 Å². The standard InChI is InChI=1S/C11H13N3/c1-2-13-9-4-3-5-10-8(9)6-7-11(12)14-10/h3-7,13H,2H2,1H3,(H2,12,14). The van der Waals surface area contributed by atoms with E-state index in [-0.39, 0.29) is 0 Å². The molecule has 72 valence electrons. The van der Waals surface area contributed by atoms with Crippen molar-refractivity contribution in [2.75, 3.05) is 17.6 Å². The normalized spacial score (nSPS) is 10.4. The molecule has 0 amide bonds. The minimum absolute atomic E-state index is 0.561. The fraction of sp³-hybridized carbons (Fsp3) is 0.182. The average molecular weight is 187 g/mol. The van der Waals surface area contributed by atoms with Crippen LogP contribution in [0.1, 0.15) is 6.92 Å². The largest absolute Gasteiger partial charge is 0.385 e. The molecule has 0 fully saturated rings. The summed E-state index contributed by atoms with van der Waals surface area (Å²) in [6.07, 6.45) is 0. The van der Waals surface area contributed by atoms with Crippen molar-refractivity contribution < 1.29 is 0 Å². The lowest BCUT2D eigenvalue weighted by molar-refractivity contribution is 1.22. The summed E-state index contributed by atoms with van der Waals surface area (Å²) in [5.74, 6) is 0.561.